The van der Waals surface area contributed by atoms with Crippen molar-refractivity contribution in [1.29, 1.82) is 0 Å². The lowest BCUT2D eigenvalue weighted by atomic mass is 9.90. The maximum absolute atomic E-state index is 13.7. The zero-order chi connectivity index (χ0) is 18.4. The van der Waals surface area contributed by atoms with E-state index in [2.05, 4.69) is 0 Å². The van der Waals surface area contributed by atoms with Gasteiger partial charge in [0.1, 0.15) is 5.82 Å². The van der Waals surface area contributed by atoms with Crippen molar-refractivity contribution in [3.05, 3.63) is 80.3 Å². The first-order valence-electron chi connectivity index (χ1n) is 8.00. The maximum Gasteiger partial charge on any atom is 0.308 e. The number of amides is 1. The van der Waals surface area contributed by atoms with Crippen LogP contribution in [0.15, 0.2) is 53.3 Å². The number of halogens is 2. The minimum absolute atomic E-state index is 0.149. The molecule has 0 bridgehead atoms. The van der Waals surface area contributed by atoms with Gasteiger partial charge in [0.25, 0.3) is 0 Å². The minimum atomic E-state index is -1.04. The second kappa shape index (κ2) is 6.17. The second-order valence-electron chi connectivity index (χ2n) is 6.11. The molecule has 0 fully saturated rings. The summed E-state index contributed by atoms with van der Waals surface area (Å²) in [5.41, 5.74) is 1.14. The number of anilines is 2. The van der Waals surface area contributed by atoms with E-state index in [1.54, 1.807) is 7.05 Å². The minimum Gasteiger partial charge on any atom is -0.288 e. The highest BCUT2D eigenvalue weighted by atomic mass is 32.1. The molecule has 2 heterocycles. The summed E-state index contributed by atoms with van der Waals surface area (Å²) < 4.78 is 28.4. The van der Waals surface area contributed by atoms with E-state index in [0.29, 0.717) is 5.82 Å². The van der Waals surface area contributed by atoms with Crippen LogP contribution in [-0.2, 0) is 11.8 Å². The Balaban J connectivity index is 1.91. The van der Waals surface area contributed by atoms with Crippen molar-refractivity contribution in [2.75, 3.05) is 4.90 Å². The Morgan fingerprint density at radius 3 is 2.46 bits per heavy atom. The second-order valence-corrected chi connectivity index (χ2v) is 7.10. The van der Waals surface area contributed by atoms with Crippen LogP contribution >= 0.6 is 11.3 Å². The molecule has 0 radical (unpaired) electrons. The number of rotatable bonds is 2. The average molecular weight is 372 g/mol. The van der Waals surface area contributed by atoms with Crippen molar-refractivity contribution in [2.24, 2.45) is 7.05 Å². The van der Waals surface area contributed by atoms with Gasteiger partial charge in [0.05, 0.1) is 10.6 Å². The lowest BCUT2D eigenvalue weighted by Crippen LogP contribution is -2.34. The van der Waals surface area contributed by atoms with Gasteiger partial charge < -0.3 is 0 Å². The third-order valence-electron chi connectivity index (χ3n) is 4.53. The van der Waals surface area contributed by atoms with E-state index in [9.17, 15) is 18.4 Å². The van der Waals surface area contributed by atoms with Crippen molar-refractivity contribution in [3.8, 4) is 0 Å². The first-order chi connectivity index (χ1) is 12.5. The molecule has 0 saturated heterocycles. The lowest BCUT2D eigenvalue weighted by molar-refractivity contribution is -0.118. The summed E-state index contributed by atoms with van der Waals surface area (Å²) in [7, 11) is 1.57. The van der Waals surface area contributed by atoms with Crippen molar-refractivity contribution in [2.45, 2.75) is 12.3 Å². The van der Waals surface area contributed by atoms with E-state index in [1.165, 1.54) is 15.5 Å². The number of carbonyl (C=O) groups excluding carboxylic acids is 1. The van der Waals surface area contributed by atoms with Crippen molar-refractivity contribution in [1.82, 2.24) is 4.57 Å². The van der Waals surface area contributed by atoms with E-state index in [0.717, 1.165) is 33.9 Å². The fraction of sp³-hybridized carbons (Fsp3) is 0.158. The normalized spacial score (nSPS) is 16.7. The molecule has 0 unspecified atom stereocenters. The van der Waals surface area contributed by atoms with Gasteiger partial charge in [-0.25, -0.2) is 8.78 Å². The van der Waals surface area contributed by atoms with Gasteiger partial charge in [-0.05, 0) is 17.7 Å². The first-order valence-corrected chi connectivity index (χ1v) is 8.81. The SMILES string of the molecule is Cn1c2c(sc1=O)[C@H](c1ccccc1)CC(=O)N2c1ccc(F)c(F)c1. The Morgan fingerprint density at radius 1 is 1.04 bits per heavy atom. The summed E-state index contributed by atoms with van der Waals surface area (Å²) in [6.07, 6.45) is 0.149. The van der Waals surface area contributed by atoms with E-state index in [-0.39, 0.29) is 28.8 Å². The van der Waals surface area contributed by atoms with Gasteiger partial charge in [0, 0.05) is 25.5 Å². The number of aromatic nitrogens is 1. The molecule has 1 amide bonds. The Bertz CT molecular complexity index is 1060. The van der Waals surface area contributed by atoms with Crippen LogP contribution in [0.3, 0.4) is 0 Å². The number of hydrogen-bond donors (Lipinski definition) is 0. The van der Waals surface area contributed by atoms with Crippen molar-refractivity contribution < 1.29 is 13.6 Å². The molecule has 4 nitrogen and oxygen atoms in total. The molecule has 7 heteroatoms. The van der Waals surface area contributed by atoms with Gasteiger partial charge in [0.15, 0.2) is 11.6 Å². The van der Waals surface area contributed by atoms with Crippen molar-refractivity contribution in [3.63, 3.8) is 0 Å². The van der Waals surface area contributed by atoms with E-state index in [1.807, 2.05) is 30.3 Å². The Labute approximate surface area is 151 Å². The molecule has 132 valence electrons. The highest BCUT2D eigenvalue weighted by molar-refractivity contribution is 7.10. The average Bonchev–Trinajstić information content (AvgIpc) is 2.93. The monoisotopic (exact) mass is 372 g/mol. The number of benzene rings is 2. The molecule has 1 aromatic heterocycles. The number of carbonyl (C=O) groups is 1. The van der Waals surface area contributed by atoms with Gasteiger partial charge in [0.2, 0.25) is 5.91 Å². The van der Waals surface area contributed by atoms with Crippen LogP contribution in [0.4, 0.5) is 20.3 Å². The van der Waals surface area contributed by atoms with Gasteiger partial charge in [-0.15, -0.1) is 0 Å². The van der Waals surface area contributed by atoms with Crippen molar-refractivity contribution >= 4 is 28.7 Å². The van der Waals surface area contributed by atoms with Crippen LogP contribution in [0.2, 0.25) is 0 Å². The maximum atomic E-state index is 13.7. The standard InChI is InChI=1S/C19H14F2N2O2S/c1-22-18-17(26-19(22)25)13(11-5-3-2-4-6-11)10-16(24)23(18)12-7-8-14(20)15(21)9-12/h2-9,13H,10H2,1H3/t13-/m0/s1. The fourth-order valence-corrected chi connectivity index (χ4v) is 4.36. The Hall–Kier alpha value is -2.80. The zero-order valence-electron chi connectivity index (χ0n) is 13.8. The number of hydrogen-bond acceptors (Lipinski definition) is 3. The van der Waals surface area contributed by atoms with Crippen LogP contribution in [0.1, 0.15) is 22.8 Å². The molecule has 1 atom stereocenters. The van der Waals surface area contributed by atoms with Crippen LogP contribution in [0.25, 0.3) is 0 Å². The molecular formula is C19H14F2N2O2S. The van der Waals surface area contributed by atoms with E-state index < -0.39 is 11.6 Å². The third-order valence-corrected chi connectivity index (χ3v) is 5.66. The van der Waals surface area contributed by atoms with Crippen LogP contribution in [0.5, 0.6) is 0 Å². The molecular weight excluding hydrogens is 358 g/mol. The number of fused-ring (bicyclic) bond motifs is 1. The smallest absolute Gasteiger partial charge is 0.288 e. The molecule has 1 aliphatic rings. The molecule has 4 rings (SSSR count). The third kappa shape index (κ3) is 2.55. The van der Waals surface area contributed by atoms with Crippen LogP contribution in [-0.4, -0.2) is 10.5 Å². The molecule has 0 spiro atoms. The van der Waals surface area contributed by atoms with Crippen LogP contribution < -0.4 is 9.77 Å². The molecule has 2 aromatic carbocycles. The summed E-state index contributed by atoms with van der Waals surface area (Å²) in [5.74, 6) is -2.12. The Morgan fingerprint density at radius 2 is 1.77 bits per heavy atom. The molecule has 0 N–H and O–H groups in total. The summed E-state index contributed by atoms with van der Waals surface area (Å²) >= 11 is 1.07. The quantitative estimate of drug-likeness (QED) is 0.684. The first kappa shape index (κ1) is 16.7. The predicted molar refractivity (Wildman–Crippen MR) is 96.0 cm³/mol. The number of thiazole rings is 1. The summed E-state index contributed by atoms with van der Waals surface area (Å²) in [4.78, 5) is 27.0. The van der Waals surface area contributed by atoms with Crippen LogP contribution in [0, 0.1) is 11.6 Å². The summed E-state index contributed by atoms with van der Waals surface area (Å²) in [6.45, 7) is 0. The zero-order valence-corrected chi connectivity index (χ0v) is 14.6. The predicted octanol–water partition coefficient (Wildman–Crippen LogP) is 3.93. The van der Waals surface area contributed by atoms with E-state index in [4.69, 9.17) is 0 Å². The lowest BCUT2D eigenvalue weighted by Gasteiger charge is -2.32. The highest BCUT2D eigenvalue weighted by Gasteiger charge is 2.37. The summed E-state index contributed by atoms with van der Waals surface area (Å²) in [5, 5.41) is 0. The van der Waals surface area contributed by atoms with Gasteiger partial charge in [-0.1, -0.05) is 41.7 Å². The number of nitrogens with zero attached hydrogens (tertiary/aromatic N) is 2. The van der Waals surface area contributed by atoms with Gasteiger partial charge in [-0.3, -0.25) is 19.1 Å². The topological polar surface area (TPSA) is 42.3 Å². The Kier molecular flexibility index (Phi) is 3.96. The molecule has 0 aliphatic carbocycles. The largest absolute Gasteiger partial charge is 0.308 e. The van der Waals surface area contributed by atoms with E-state index >= 15 is 0 Å². The van der Waals surface area contributed by atoms with Gasteiger partial charge in [-0.2, -0.15) is 0 Å². The molecule has 26 heavy (non-hydrogen) atoms. The highest BCUT2D eigenvalue weighted by Crippen LogP contribution is 2.44. The summed E-state index contributed by atoms with van der Waals surface area (Å²) in [6, 6.07) is 12.8. The van der Waals surface area contributed by atoms with Gasteiger partial charge >= 0.3 is 4.87 Å². The molecule has 3 aromatic rings. The molecule has 0 saturated carbocycles. The fourth-order valence-electron chi connectivity index (χ4n) is 3.27. The molecule has 1 aliphatic heterocycles.